The fourth-order valence-electron chi connectivity index (χ4n) is 3.04. The lowest BCUT2D eigenvalue weighted by molar-refractivity contribution is -0.123. The van der Waals surface area contributed by atoms with Crippen LogP contribution in [0.15, 0.2) is 40.1 Å². The van der Waals surface area contributed by atoms with Crippen molar-refractivity contribution in [3.63, 3.8) is 0 Å². The number of amides is 1. The van der Waals surface area contributed by atoms with Gasteiger partial charge in [0.2, 0.25) is 15.7 Å². The van der Waals surface area contributed by atoms with Crippen molar-refractivity contribution >= 4 is 21.4 Å². The Morgan fingerprint density at radius 3 is 2.04 bits per heavy atom. The summed E-state index contributed by atoms with van der Waals surface area (Å²) in [6, 6.07) is 7.72. The molecule has 6 heteroatoms. The molecule has 0 heterocycles. The zero-order valence-corrected chi connectivity index (χ0v) is 18.4. The van der Waals surface area contributed by atoms with E-state index in [1.165, 1.54) is 18.2 Å². The number of rotatable bonds is 4. The van der Waals surface area contributed by atoms with Crippen LogP contribution >= 0.6 is 0 Å². The number of phenols is 1. The summed E-state index contributed by atoms with van der Waals surface area (Å²) >= 11 is 0. The molecule has 2 aromatic rings. The van der Waals surface area contributed by atoms with Crippen molar-refractivity contribution in [3.05, 3.63) is 47.0 Å². The van der Waals surface area contributed by atoms with Gasteiger partial charge in [0.25, 0.3) is 0 Å². The summed E-state index contributed by atoms with van der Waals surface area (Å²) in [5.41, 5.74) is 1.73. The summed E-state index contributed by atoms with van der Waals surface area (Å²) < 4.78 is 26.6. The number of carbonyl (C=O) groups excluding carboxylic acids is 1. The maximum atomic E-state index is 13.3. The minimum Gasteiger partial charge on any atom is -0.508 e. The third-order valence-electron chi connectivity index (χ3n) is 4.60. The van der Waals surface area contributed by atoms with E-state index >= 15 is 0 Å². The molecule has 0 aromatic heterocycles. The number of sulfone groups is 1. The summed E-state index contributed by atoms with van der Waals surface area (Å²) in [7, 11) is -3.77. The SMILES string of the molecule is Cc1cc(NC(=O)C(C)(C)C)cc(C)c1S(=O)(=O)c1ccc(O)c(C(C)C)c1. The zero-order valence-electron chi connectivity index (χ0n) is 17.5. The molecule has 0 spiro atoms. The topological polar surface area (TPSA) is 83.5 Å². The molecule has 0 bridgehead atoms. The maximum absolute atomic E-state index is 13.3. The second kappa shape index (κ2) is 7.59. The molecule has 152 valence electrons. The molecular weight excluding hydrogens is 374 g/mol. The van der Waals surface area contributed by atoms with Crippen LogP contribution in [0.25, 0.3) is 0 Å². The van der Waals surface area contributed by atoms with Crippen LogP contribution in [0.4, 0.5) is 5.69 Å². The third-order valence-corrected chi connectivity index (χ3v) is 6.66. The molecule has 0 radical (unpaired) electrons. The van der Waals surface area contributed by atoms with E-state index in [1.807, 2.05) is 34.6 Å². The van der Waals surface area contributed by atoms with E-state index in [2.05, 4.69) is 5.32 Å². The van der Waals surface area contributed by atoms with Crippen molar-refractivity contribution in [1.82, 2.24) is 0 Å². The highest BCUT2D eigenvalue weighted by Gasteiger charge is 2.26. The van der Waals surface area contributed by atoms with Crippen LogP contribution in [0.3, 0.4) is 0 Å². The van der Waals surface area contributed by atoms with E-state index in [0.29, 0.717) is 22.4 Å². The predicted molar refractivity (Wildman–Crippen MR) is 112 cm³/mol. The highest BCUT2D eigenvalue weighted by molar-refractivity contribution is 7.91. The van der Waals surface area contributed by atoms with Crippen molar-refractivity contribution in [1.29, 1.82) is 0 Å². The fraction of sp³-hybridized carbons (Fsp3) is 0.409. The van der Waals surface area contributed by atoms with E-state index in [9.17, 15) is 18.3 Å². The molecule has 2 aromatic carbocycles. The van der Waals surface area contributed by atoms with Crippen LogP contribution in [-0.4, -0.2) is 19.4 Å². The Labute approximate surface area is 167 Å². The molecule has 0 saturated heterocycles. The van der Waals surface area contributed by atoms with Gasteiger partial charge in [0.05, 0.1) is 9.79 Å². The molecule has 0 fully saturated rings. The van der Waals surface area contributed by atoms with Gasteiger partial charge in [0.15, 0.2) is 0 Å². The molecule has 0 aliphatic carbocycles. The van der Waals surface area contributed by atoms with Gasteiger partial charge in [-0.1, -0.05) is 34.6 Å². The van der Waals surface area contributed by atoms with Crippen LogP contribution < -0.4 is 5.32 Å². The van der Waals surface area contributed by atoms with E-state index in [-0.39, 0.29) is 27.4 Å². The average Bonchev–Trinajstić information content (AvgIpc) is 2.52. The second-order valence-electron chi connectivity index (χ2n) is 8.52. The van der Waals surface area contributed by atoms with Crippen LogP contribution in [0, 0.1) is 19.3 Å². The molecule has 1 amide bonds. The van der Waals surface area contributed by atoms with Gasteiger partial charge in [-0.3, -0.25) is 4.79 Å². The summed E-state index contributed by atoms with van der Waals surface area (Å²) in [6.45, 7) is 12.7. The number of hydrogen-bond acceptors (Lipinski definition) is 4. The molecule has 2 rings (SSSR count). The zero-order chi connectivity index (χ0) is 21.4. The molecule has 5 nitrogen and oxygen atoms in total. The molecule has 0 saturated carbocycles. The summed E-state index contributed by atoms with van der Waals surface area (Å²) in [5.74, 6) is -0.0584. The minimum atomic E-state index is -3.77. The van der Waals surface area contributed by atoms with E-state index in [4.69, 9.17) is 0 Å². The standard InChI is InChI=1S/C22H29NO4S/c1-13(2)18-12-17(8-9-19(18)24)28(26,27)20-14(3)10-16(11-15(20)4)23-21(25)22(5,6)7/h8-13,24H,1-7H3,(H,23,25). The Morgan fingerprint density at radius 2 is 1.57 bits per heavy atom. The van der Waals surface area contributed by atoms with Gasteiger partial charge < -0.3 is 10.4 Å². The summed E-state index contributed by atoms with van der Waals surface area (Å²) in [6.07, 6.45) is 0. The monoisotopic (exact) mass is 403 g/mol. The van der Waals surface area contributed by atoms with Crippen molar-refractivity contribution in [2.75, 3.05) is 5.32 Å². The van der Waals surface area contributed by atoms with Crippen molar-refractivity contribution in [3.8, 4) is 5.75 Å². The van der Waals surface area contributed by atoms with Gasteiger partial charge in [-0.25, -0.2) is 8.42 Å². The van der Waals surface area contributed by atoms with E-state index < -0.39 is 15.3 Å². The first-order chi connectivity index (χ1) is 12.7. The predicted octanol–water partition coefficient (Wildman–Crippen LogP) is 4.95. The largest absolute Gasteiger partial charge is 0.508 e. The summed E-state index contributed by atoms with van der Waals surface area (Å²) in [5, 5.41) is 12.8. The molecule has 0 unspecified atom stereocenters. The molecule has 0 atom stereocenters. The second-order valence-corrected chi connectivity index (χ2v) is 10.4. The first-order valence-corrected chi connectivity index (χ1v) is 10.7. The van der Waals surface area contributed by atoms with Crippen molar-refractivity contribution in [2.24, 2.45) is 5.41 Å². The minimum absolute atomic E-state index is 0.00710. The Balaban J connectivity index is 2.53. The fourth-order valence-corrected chi connectivity index (χ4v) is 4.78. The van der Waals surface area contributed by atoms with E-state index in [1.54, 1.807) is 26.0 Å². The highest BCUT2D eigenvalue weighted by atomic mass is 32.2. The number of aromatic hydroxyl groups is 1. The average molecular weight is 404 g/mol. The molecule has 2 N–H and O–H groups in total. The van der Waals surface area contributed by atoms with Gasteiger partial charge in [-0.05, 0) is 66.8 Å². The van der Waals surface area contributed by atoms with E-state index in [0.717, 1.165) is 0 Å². The normalized spacial score (nSPS) is 12.3. The van der Waals surface area contributed by atoms with Crippen LogP contribution in [0.1, 0.15) is 57.2 Å². The van der Waals surface area contributed by atoms with Crippen molar-refractivity contribution in [2.45, 2.75) is 64.2 Å². The smallest absolute Gasteiger partial charge is 0.229 e. The quantitative estimate of drug-likeness (QED) is 0.756. The number of nitrogens with one attached hydrogen (secondary N) is 1. The Morgan fingerprint density at radius 1 is 1.04 bits per heavy atom. The lowest BCUT2D eigenvalue weighted by Gasteiger charge is -2.19. The number of carbonyl (C=O) groups is 1. The molecule has 0 aliphatic rings. The van der Waals surface area contributed by atoms with Gasteiger partial charge in [0.1, 0.15) is 5.75 Å². The lowest BCUT2D eigenvalue weighted by atomic mass is 9.95. The highest BCUT2D eigenvalue weighted by Crippen LogP contribution is 2.34. The first-order valence-electron chi connectivity index (χ1n) is 9.26. The molecule has 28 heavy (non-hydrogen) atoms. The molecular formula is C22H29NO4S. The van der Waals surface area contributed by atoms with Gasteiger partial charge in [-0.2, -0.15) is 0 Å². The molecule has 0 aliphatic heterocycles. The lowest BCUT2D eigenvalue weighted by Crippen LogP contribution is -2.27. The van der Waals surface area contributed by atoms with Gasteiger partial charge >= 0.3 is 0 Å². The van der Waals surface area contributed by atoms with Gasteiger partial charge in [-0.15, -0.1) is 0 Å². The maximum Gasteiger partial charge on any atom is 0.229 e. The van der Waals surface area contributed by atoms with Crippen LogP contribution in [-0.2, 0) is 14.6 Å². The Hall–Kier alpha value is -2.34. The number of anilines is 1. The number of phenolic OH excluding ortho intramolecular Hbond substituents is 1. The Bertz CT molecular complexity index is 992. The number of benzene rings is 2. The van der Waals surface area contributed by atoms with Gasteiger partial charge in [0, 0.05) is 11.1 Å². The van der Waals surface area contributed by atoms with Crippen LogP contribution in [0.5, 0.6) is 5.75 Å². The third kappa shape index (κ3) is 4.38. The number of hydrogen-bond donors (Lipinski definition) is 2. The van der Waals surface area contributed by atoms with Crippen molar-refractivity contribution < 1.29 is 18.3 Å². The Kier molecular flexibility index (Phi) is 5.95. The van der Waals surface area contributed by atoms with Crippen LogP contribution in [0.2, 0.25) is 0 Å². The number of aryl methyl sites for hydroxylation is 2. The summed E-state index contributed by atoms with van der Waals surface area (Å²) in [4.78, 5) is 12.6. The first kappa shape index (κ1) is 22.0.